The van der Waals surface area contributed by atoms with Crippen molar-refractivity contribution in [2.24, 2.45) is 0 Å². The van der Waals surface area contributed by atoms with Crippen LogP contribution in [0.3, 0.4) is 0 Å². The van der Waals surface area contributed by atoms with Gasteiger partial charge in [-0.25, -0.2) is 9.37 Å². The predicted molar refractivity (Wildman–Crippen MR) is 95.2 cm³/mol. The third-order valence-corrected chi connectivity index (χ3v) is 5.06. The van der Waals surface area contributed by atoms with Crippen LogP contribution in [0.2, 0.25) is 0 Å². The molecule has 1 fully saturated rings. The summed E-state index contributed by atoms with van der Waals surface area (Å²) in [5.74, 6) is 1.01. The Balaban J connectivity index is 1.63. The molecule has 6 heteroatoms. The fourth-order valence-corrected chi connectivity index (χ4v) is 3.39. The maximum atomic E-state index is 13.2. The molecular weight excluding hydrogens is 329 g/mol. The summed E-state index contributed by atoms with van der Waals surface area (Å²) in [6, 6.07) is 14.8. The lowest BCUT2D eigenvalue weighted by Crippen LogP contribution is -2.15. The number of rotatable bonds is 3. The zero-order valence-corrected chi connectivity index (χ0v) is 14.2. The summed E-state index contributed by atoms with van der Waals surface area (Å²) in [5, 5.41) is 13.3. The van der Waals surface area contributed by atoms with Crippen molar-refractivity contribution in [3.63, 3.8) is 0 Å². The van der Waals surface area contributed by atoms with Gasteiger partial charge in [0.15, 0.2) is 5.82 Å². The van der Waals surface area contributed by atoms with Gasteiger partial charge in [-0.05, 0) is 49.6 Å². The smallest absolute Gasteiger partial charge is 0.216 e. The van der Waals surface area contributed by atoms with Crippen LogP contribution >= 0.6 is 0 Å². The Hall–Kier alpha value is -3.15. The second kappa shape index (κ2) is 5.42. The van der Waals surface area contributed by atoms with Gasteiger partial charge in [-0.3, -0.25) is 0 Å². The van der Waals surface area contributed by atoms with E-state index in [1.165, 1.54) is 23.3 Å². The number of aryl methyl sites for hydroxylation is 1. The molecule has 2 heterocycles. The molecule has 2 aromatic heterocycles. The lowest BCUT2D eigenvalue weighted by Gasteiger charge is -2.13. The Kier molecular flexibility index (Phi) is 3.16. The van der Waals surface area contributed by atoms with Crippen molar-refractivity contribution in [1.82, 2.24) is 24.8 Å². The fourth-order valence-electron chi connectivity index (χ4n) is 3.39. The van der Waals surface area contributed by atoms with Gasteiger partial charge in [0.05, 0.1) is 11.6 Å². The highest BCUT2D eigenvalue weighted by atomic mass is 19.1. The summed E-state index contributed by atoms with van der Waals surface area (Å²) in [4.78, 5) is 4.38. The summed E-state index contributed by atoms with van der Waals surface area (Å²) in [5.41, 5.74) is 3.78. The van der Waals surface area contributed by atoms with Crippen molar-refractivity contribution < 1.29 is 4.39 Å². The Morgan fingerprint density at radius 3 is 2.38 bits per heavy atom. The summed E-state index contributed by atoms with van der Waals surface area (Å²) in [6.07, 6.45) is 3.67. The Bertz CT molecular complexity index is 1100. The van der Waals surface area contributed by atoms with E-state index in [2.05, 4.69) is 46.4 Å². The molecule has 2 aromatic carbocycles. The first-order valence-corrected chi connectivity index (χ1v) is 8.58. The van der Waals surface area contributed by atoms with Gasteiger partial charge in [0, 0.05) is 5.56 Å². The van der Waals surface area contributed by atoms with E-state index in [4.69, 9.17) is 5.10 Å². The third kappa shape index (κ3) is 2.29. The molecule has 0 unspecified atom stereocenters. The summed E-state index contributed by atoms with van der Waals surface area (Å²) < 4.78 is 14.9. The maximum absolute atomic E-state index is 13.2. The average Bonchev–Trinajstić information content (AvgIpc) is 3.35. The number of benzene rings is 2. The lowest BCUT2D eigenvalue weighted by molar-refractivity contribution is 0.628. The predicted octanol–water partition coefficient (Wildman–Crippen LogP) is 3.71. The molecule has 0 spiro atoms. The third-order valence-electron chi connectivity index (χ3n) is 5.06. The van der Waals surface area contributed by atoms with Crippen molar-refractivity contribution in [2.75, 3.05) is 0 Å². The molecule has 4 aromatic rings. The number of halogens is 1. The first-order valence-electron chi connectivity index (χ1n) is 8.58. The second-order valence-electron chi connectivity index (χ2n) is 6.83. The molecule has 5 rings (SSSR count). The molecule has 5 nitrogen and oxygen atoms in total. The van der Waals surface area contributed by atoms with Crippen LogP contribution in [0.1, 0.15) is 29.8 Å². The molecule has 0 radical (unpaired) electrons. The van der Waals surface area contributed by atoms with Crippen molar-refractivity contribution in [3.05, 3.63) is 77.5 Å². The van der Waals surface area contributed by atoms with E-state index in [-0.39, 0.29) is 11.2 Å². The zero-order valence-electron chi connectivity index (χ0n) is 14.2. The van der Waals surface area contributed by atoms with Crippen LogP contribution in [0.4, 0.5) is 4.39 Å². The van der Waals surface area contributed by atoms with Gasteiger partial charge in [0.1, 0.15) is 11.5 Å². The zero-order chi connectivity index (χ0) is 17.7. The monoisotopic (exact) mass is 345 g/mol. The SMILES string of the molecule is Cc1ccc(C2(c3nnc4ncc(-c5ccc(F)cc5)nn34)CC2)cc1. The average molecular weight is 345 g/mol. The van der Waals surface area contributed by atoms with E-state index < -0.39 is 0 Å². The summed E-state index contributed by atoms with van der Waals surface area (Å²) >= 11 is 0. The minimum Gasteiger partial charge on any atom is -0.216 e. The summed E-state index contributed by atoms with van der Waals surface area (Å²) in [6.45, 7) is 2.08. The van der Waals surface area contributed by atoms with Crippen LogP contribution in [0.5, 0.6) is 0 Å². The van der Waals surface area contributed by atoms with Crippen molar-refractivity contribution >= 4 is 5.78 Å². The standard InChI is InChI=1S/C20H16FN5/c1-13-2-6-15(7-3-13)20(10-11-20)18-23-24-19-22-12-17(25-26(18)19)14-4-8-16(21)9-5-14/h2-9,12H,10-11H2,1H3. The molecule has 1 aliphatic carbocycles. The van der Waals surface area contributed by atoms with Crippen LogP contribution in [-0.4, -0.2) is 24.8 Å². The molecule has 0 N–H and O–H groups in total. The van der Waals surface area contributed by atoms with E-state index in [1.807, 2.05) is 0 Å². The molecule has 0 bridgehead atoms. The Morgan fingerprint density at radius 1 is 0.962 bits per heavy atom. The van der Waals surface area contributed by atoms with E-state index in [0.717, 1.165) is 24.2 Å². The first-order chi connectivity index (χ1) is 12.7. The van der Waals surface area contributed by atoms with Gasteiger partial charge >= 0.3 is 0 Å². The van der Waals surface area contributed by atoms with Gasteiger partial charge in [0.25, 0.3) is 5.78 Å². The highest BCUT2D eigenvalue weighted by molar-refractivity contribution is 5.58. The quantitative estimate of drug-likeness (QED) is 0.568. The molecule has 0 amide bonds. The fraction of sp³-hybridized carbons (Fsp3) is 0.200. The molecule has 0 atom stereocenters. The molecule has 0 aliphatic heterocycles. The topological polar surface area (TPSA) is 56.0 Å². The van der Waals surface area contributed by atoms with Crippen molar-refractivity contribution in [3.8, 4) is 11.3 Å². The number of nitrogens with zero attached hydrogens (tertiary/aromatic N) is 5. The van der Waals surface area contributed by atoms with Crippen molar-refractivity contribution in [1.29, 1.82) is 0 Å². The second-order valence-corrected chi connectivity index (χ2v) is 6.83. The van der Waals surface area contributed by atoms with Crippen LogP contribution in [0.25, 0.3) is 17.0 Å². The largest absolute Gasteiger partial charge is 0.271 e. The molecule has 0 saturated heterocycles. The van der Waals surface area contributed by atoms with Crippen LogP contribution in [0.15, 0.2) is 54.7 Å². The van der Waals surface area contributed by atoms with Crippen LogP contribution in [-0.2, 0) is 5.41 Å². The van der Waals surface area contributed by atoms with Gasteiger partial charge in [-0.1, -0.05) is 29.8 Å². The van der Waals surface area contributed by atoms with E-state index >= 15 is 0 Å². The lowest BCUT2D eigenvalue weighted by atomic mass is 9.94. The van der Waals surface area contributed by atoms with E-state index in [9.17, 15) is 4.39 Å². The maximum Gasteiger partial charge on any atom is 0.271 e. The Labute approximate surface area is 149 Å². The first kappa shape index (κ1) is 15.1. The van der Waals surface area contributed by atoms with Crippen LogP contribution in [0, 0.1) is 12.7 Å². The van der Waals surface area contributed by atoms with E-state index in [1.54, 1.807) is 22.8 Å². The van der Waals surface area contributed by atoms with Gasteiger partial charge in [-0.2, -0.15) is 9.61 Å². The molecule has 1 saturated carbocycles. The number of aromatic nitrogens is 5. The number of hydrogen-bond acceptors (Lipinski definition) is 4. The van der Waals surface area contributed by atoms with Crippen LogP contribution < -0.4 is 0 Å². The summed E-state index contributed by atoms with van der Waals surface area (Å²) in [7, 11) is 0. The highest BCUT2D eigenvalue weighted by Gasteiger charge is 2.50. The Morgan fingerprint density at radius 2 is 1.69 bits per heavy atom. The highest BCUT2D eigenvalue weighted by Crippen LogP contribution is 2.52. The number of fused-ring (bicyclic) bond motifs is 1. The van der Waals surface area contributed by atoms with E-state index in [0.29, 0.717) is 11.5 Å². The minimum atomic E-state index is -0.274. The minimum absolute atomic E-state index is 0.150. The molecule has 26 heavy (non-hydrogen) atoms. The van der Waals surface area contributed by atoms with Gasteiger partial charge in [-0.15, -0.1) is 10.2 Å². The number of hydrogen-bond donors (Lipinski definition) is 0. The van der Waals surface area contributed by atoms with Gasteiger partial charge in [0.2, 0.25) is 0 Å². The molecule has 128 valence electrons. The van der Waals surface area contributed by atoms with Crippen molar-refractivity contribution in [2.45, 2.75) is 25.2 Å². The normalized spacial score (nSPS) is 15.3. The molecule has 1 aliphatic rings. The van der Waals surface area contributed by atoms with Gasteiger partial charge < -0.3 is 0 Å². The molecular formula is C20H16FN5.